The van der Waals surface area contributed by atoms with E-state index in [0.717, 1.165) is 19.2 Å². The number of hydrogen-bond donors (Lipinski definition) is 6. The van der Waals surface area contributed by atoms with Crippen molar-refractivity contribution >= 4 is 28.8 Å². The molecule has 210 valence electrons. The van der Waals surface area contributed by atoms with Crippen molar-refractivity contribution in [3.63, 3.8) is 0 Å². The van der Waals surface area contributed by atoms with Crippen LogP contribution in [0.1, 0.15) is 23.3 Å². The average molecular weight is 542 g/mol. The van der Waals surface area contributed by atoms with Gasteiger partial charge in [-0.25, -0.2) is 9.18 Å². The number of ether oxygens (including phenoxy) is 1. The Kier molecular flexibility index (Phi) is 9.40. The molecule has 1 aromatic carbocycles. The molecule has 1 fully saturated rings. The topological polar surface area (TPSA) is 193 Å². The van der Waals surface area contributed by atoms with Crippen LogP contribution in [0.5, 0.6) is 5.75 Å². The quantitative estimate of drug-likeness (QED) is 0.215. The standard InChI is InChI=1S/C18H20FN3O4.C6H12O6/c1-10-9-26-17-14-11(16(23)12(18(24)25)8-22(10)14)7-13(19)15(17)21-5-3-20(2)4-6-21;7-1-3(9)5(11)6(12)4(10)2-8/h7-8,10H,3-6,9H2,1-2H3,(H,24,25);1,3-6,8-12H,2H2/t;3-,4+,5+,6+/m.0/s1. The maximum atomic E-state index is 15.0. The number of anilines is 1. The third-order valence-corrected chi connectivity index (χ3v) is 6.61. The first-order valence-corrected chi connectivity index (χ1v) is 11.9. The van der Waals surface area contributed by atoms with Gasteiger partial charge in [-0.3, -0.25) is 4.79 Å². The van der Waals surface area contributed by atoms with Crippen LogP contribution >= 0.6 is 0 Å². The van der Waals surface area contributed by atoms with Crippen molar-refractivity contribution in [2.24, 2.45) is 0 Å². The molecular formula is C24H32FN3O10. The molecule has 1 aromatic heterocycles. The number of aldehydes is 1. The van der Waals surface area contributed by atoms with Gasteiger partial charge in [0.05, 0.1) is 23.6 Å². The van der Waals surface area contributed by atoms with Crippen molar-refractivity contribution in [3.8, 4) is 5.75 Å². The first kappa shape index (κ1) is 29.4. The van der Waals surface area contributed by atoms with Gasteiger partial charge in [0.15, 0.2) is 17.9 Å². The highest BCUT2D eigenvalue weighted by Crippen LogP contribution is 2.42. The van der Waals surface area contributed by atoms with Gasteiger partial charge in [0, 0.05) is 32.4 Å². The van der Waals surface area contributed by atoms with E-state index in [-0.39, 0.29) is 29.9 Å². The largest absolute Gasteiger partial charge is 0.487 e. The molecule has 1 saturated heterocycles. The Bertz CT molecular complexity index is 1230. The molecule has 0 aliphatic carbocycles. The second-order valence-corrected chi connectivity index (χ2v) is 9.32. The van der Waals surface area contributed by atoms with E-state index in [1.165, 1.54) is 6.20 Å². The number of carbonyl (C=O) groups is 2. The Labute approximate surface area is 216 Å². The fourth-order valence-corrected chi connectivity index (χ4v) is 4.31. The number of rotatable bonds is 7. The monoisotopic (exact) mass is 541 g/mol. The van der Waals surface area contributed by atoms with Crippen molar-refractivity contribution < 1.29 is 49.4 Å². The molecule has 0 saturated carbocycles. The second kappa shape index (κ2) is 12.1. The van der Waals surface area contributed by atoms with Gasteiger partial charge in [-0.05, 0) is 20.0 Å². The number of halogens is 1. The molecule has 3 heterocycles. The van der Waals surface area contributed by atoms with E-state index in [9.17, 15) is 23.9 Å². The third kappa shape index (κ3) is 5.80. The second-order valence-electron chi connectivity index (χ2n) is 9.32. The van der Waals surface area contributed by atoms with Crippen molar-refractivity contribution in [1.82, 2.24) is 9.47 Å². The molecule has 0 spiro atoms. The van der Waals surface area contributed by atoms with Crippen LogP contribution in [0.15, 0.2) is 17.1 Å². The lowest BCUT2D eigenvalue weighted by molar-refractivity contribution is -0.136. The number of carboxylic acids is 1. The molecule has 13 nitrogen and oxygen atoms in total. The number of aromatic carboxylic acids is 1. The fourth-order valence-electron chi connectivity index (χ4n) is 4.31. The zero-order valence-corrected chi connectivity index (χ0v) is 20.9. The number of hydrogen-bond acceptors (Lipinski definition) is 11. The highest BCUT2D eigenvalue weighted by Gasteiger charge is 2.31. The predicted molar refractivity (Wildman–Crippen MR) is 132 cm³/mol. The Morgan fingerprint density at radius 3 is 2.37 bits per heavy atom. The number of benzene rings is 1. The molecule has 5 atom stereocenters. The van der Waals surface area contributed by atoms with Gasteiger partial charge in [-0.2, -0.15) is 0 Å². The van der Waals surface area contributed by atoms with E-state index in [2.05, 4.69) is 4.90 Å². The SMILES string of the molecule is CC1COc2c(N3CCN(C)CC3)c(F)cc3c(=O)c(C(=O)O)cn1c23.O=C[C@H](O)[C@@H](O)[C@H](O)[C@H](O)CO. The molecule has 14 heteroatoms. The Balaban J connectivity index is 0.000000284. The molecule has 0 amide bonds. The first-order valence-electron chi connectivity index (χ1n) is 11.9. The van der Waals surface area contributed by atoms with E-state index >= 15 is 0 Å². The van der Waals surface area contributed by atoms with Gasteiger partial charge in [0.2, 0.25) is 5.43 Å². The minimum atomic E-state index is -1.79. The van der Waals surface area contributed by atoms with Crippen LogP contribution in [0.4, 0.5) is 10.1 Å². The van der Waals surface area contributed by atoms with Crippen LogP contribution < -0.4 is 15.1 Å². The Hall–Kier alpha value is -3.14. The number of aliphatic hydroxyl groups excluding tert-OH is 5. The summed E-state index contributed by atoms with van der Waals surface area (Å²) in [6.45, 7) is 4.32. The summed E-state index contributed by atoms with van der Waals surface area (Å²) < 4.78 is 22.6. The highest BCUT2D eigenvalue weighted by atomic mass is 19.1. The van der Waals surface area contributed by atoms with Gasteiger partial charge >= 0.3 is 5.97 Å². The smallest absolute Gasteiger partial charge is 0.341 e. The summed E-state index contributed by atoms with van der Waals surface area (Å²) >= 11 is 0. The summed E-state index contributed by atoms with van der Waals surface area (Å²) in [6.07, 6.45) is -5.50. The first-order chi connectivity index (χ1) is 17.9. The van der Waals surface area contributed by atoms with E-state index in [0.29, 0.717) is 30.0 Å². The fraction of sp³-hybridized carbons (Fsp3) is 0.542. The maximum absolute atomic E-state index is 15.0. The summed E-state index contributed by atoms with van der Waals surface area (Å²) in [5.74, 6) is -1.54. The molecular weight excluding hydrogens is 509 g/mol. The van der Waals surface area contributed by atoms with Crippen LogP contribution in [-0.4, -0.2) is 123 Å². The molecule has 38 heavy (non-hydrogen) atoms. The summed E-state index contributed by atoms with van der Waals surface area (Å²) in [7, 11) is 2.02. The lowest BCUT2D eigenvalue weighted by Crippen LogP contribution is -2.46. The minimum Gasteiger partial charge on any atom is -0.487 e. The van der Waals surface area contributed by atoms with Gasteiger partial charge in [-0.15, -0.1) is 0 Å². The summed E-state index contributed by atoms with van der Waals surface area (Å²) in [5.41, 5.74) is -0.224. The average Bonchev–Trinajstić information content (AvgIpc) is 2.90. The molecule has 0 bridgehead atoms. The normalized spacial score (nSPS) is 20.5. The van der Waals surface area contributed by atoms with Crippen LogP contribution in [0.3, 0.4) is 0 Å². The van der Waals surface area contributed by atoms with Gasteiger partial charge in [0.25, 0.3) is 0 Å². The van der Waals surface area contributed by atoms with Crippen molar-refractivity contribution in [3.05, 3.63) is 33.9 Å². The third-order valence-electron chi connectivity index (χ3n) is 6.61. The van der Waals surface area contributed by atoms with Crippen LogP contribution in [0, 0.1) is 5.82 Å². The minimum absolute atomic E-state index is 0.0258. The molecule has 6 N–H and O–H groups in total. The van der Waals surface area contributed by atoms with Gasteiger partial charge in [0.1, 0.15) is 42.3 Å². The van der Waals surface area contributed by atoms with Crippen LogP contribution in [0.25, 0.3) is 10.9 Å². The zero-order chi connectivity index (χ0) is 28.3. The van der Waals surface area contributed by atoms with Gasteiger partial charge in [-0.1, -0.05) is 0 Å². The van der Waals surface area contributed by atoms with E-state index < -0.39 is 48.2 Å². The molecule has 0 radical (unpaired) electrons. The van der Waals surface area contributed by atoms with E-state index in [1.54, 1.807) is 4.57 Å². The molecule has 2 aromatic rings. The summed E-state index contributed by atoms with van der Waals surface area (Å²) in [4.78, 5) is 38.0. The number of aliphatic hydroxyl groups is 5. The van der Waals surface area contributed by atoms with Crippen LogP contribution in [0.2, 0.25) is 0 Å². The lowest BCUT2D eigenvalue weighted by atomic mass is 10.0. The van der Waals surface area contributed by atoms with E-state index in [1.807, 2.05) is 18.9 Å². The van der Waals surface area contributed by atoms with Crippen molar-refractivity contribution in [1.29, 1.82) is 0 Å². The van der Waals surface area contributed by atoms with E-state index in [4.69, 9.17) is 30.3 Å². The molecule has 1 unspecified atom stereocenters. The molecule has 2 aliphatic rings. The zero-order valence-electron chi connectivity index (χ0n) is 20.9. The van der Waals surface area contributed by atoms with Crippen molar-refractivity contribution in [2.45, 2.75) is 37.4 Å². The summed E-state index contributed by atoms with van der Waals surface area (Å²) in [5, 5.41) is 52.9. The Morgan fingerprint density at radius 1 is 1.18 bits per heavy atom. The number of likely N-dealkylation sites (N-methyl/N-ethyl adjacent to an activating group) is 1. The van der Waals surface area contributed by atoms with Crippen molar-refractivity contribution in [2.75, 3.05) is 51.3 Å². The maximum Gasteiger partial charge on any atom is 0.341 e. The lowest BCUT2D eigenvalue weighted by Gasteiger charge is -2.37. The van der Waals surface area contributed by atoms with Gasteiger partial charge < -0.3 is 54.5 Å². The highest BCUT2D eigenvalue weighted by molar-refractivity contribution is 5.97. The predicted octanol–water partition coefficient (Wildman–Crippen LogP) is -1.83. The number of aromatic nitrogens is 1. The molecule has 4 rings (SSSR count). The number of carbonyl (C=O) groups excluding carboxylic acids is 1. The van der Waals surface area contributed by atoms with Crippen LogP contribution in [-0.2, 0) is 4.79 Å². The number of pyridine rings is 1. The molecule has 2 aliphatic heterocycles. The number of piperazine rings is 1. The number of carboxylic acid groups (broad SMARTS) is 1. The number of nitrogens with zero attached hydrogens (tertiary/aromatic N) is 3. The Morgan fingerprint density at radius 2 is 1.82 bits per heavy atom. The summed E-state index contributed by atoms with van der Waals surface area (Å²) in [6, 6.07) is 0.994.